The second-order valence-electron chi connectivity index (χ2n) is 5.00. The van der Waals surface area contributed by atoms with Crippen LogP contribution in [0.1, 0.15) is 0 Å². The van der Waals surface area contributed by atoms with Crippen molar-refractivity contribution in [3.8, 4) is 11.5 Å². The van der Waals surface area contributed by atoms with Gasteiger partial charge in [-0.1, -0.05) is 78.9 Å². The van der Waals surface area contributed by atoms with E-state index in [2.05, 4.69) is 48.5 Å². The number of rotatable bonds is 0. The van der Waals surface area contributed by atoms with Gasteiger partial charge in [-0.2, -0.15) is 0 Å². The Balaban J connectivity index is 0.000000133. The highest BCUT2D eigenvalue weighted by Crippen LogP contribution is 2.32. The lowest BCUT2D eigenvalue weighted by Gasteiger charge is -2.01. The average molecular weight is 288 g/mol. The monoisotopic (exact) mass is 288 g/mol. The van der Waals surface area contributed by atoms with Gasteiger partial charge in [0.25, 0.3) is 0 Å². The zero-order valence-corrected chi connectivity index (χ0v) is 12.0. The van der Waals surface area contributed by atoms with Crippen molar-refractivity contribution in [1.29, 1.82) is 0 Å². The number of benzene rings is 4. The van der Waals surface area contributed by atoms with Crippen molar-refractivity contribution in [2.24, 2.45) is 0 Å². The van der Waals surface area contributed by atoms with Gasteiger partial charge < -0.3 is 10.2 Å². The smallest absolute Gasteiger partial charge is 0.165 e. The lowest BCUT2D eigenvalue weighted by atomic mass is 10.1. The number of aromatic hydroxyl groups is 2. The second kappa shape index (κ2) is 6.19. The van der Waals surface area contributed by atoms with E-state index in [1.165, 1.54) is 16.8 Å². The molecule has 2 nitrogen and oxygen atoms in total. The number of hydrogen-bond acceptors (Lipinski definition) is 2. The largest absolute Gasteiger partial charge is 0.504 e. The van der Waals surface area contributed by atoms with Crippen LogP contribution in [0.25, 0.3) is 21.5 Å². The molecule has 0 unspecified atom stereocenters. The van der Waals surface area contributed by atoms with E-state index >= 15 is 0 Å². The molecule has 0 aliphatic rings. The minimum Gasteiger partial charge on any atom is -0.504 e. The molecule has 0 bridgehead atoms. The summed E-state index contributed by atoms with van der Waals surface area (Å²) in [5.41, 5.74) is 0. The van der Waals surface area contributed by atoms with E-state index < -0.39 is 0 Å². The van der Waals surface area contributed by atoms with Crippen LogP contribution < -0.4 is 0 Å². The van der Waals surface area contributed by atoms with Crippen molar-refractivity contribution < 1.29 is 10.2 Å². The summed E-state index contributed by atoms with van der Waals surface area (Å²) in [6.45, 7) is 0. The van der Waals surface area contributed by atoms with E-state index in [9.17, 15) is 5.11 Å². The topological polar surface area (TPSA) is 40.5 Å². The number of phenols is 2. The van der Waals surface area contributed by atoms with Crippen LogP contribution in [0.5, 0.6) is 11.5 Å². The van der Waals surface area contributed by atoms with Gasteiger partial charge in [0, 0.05) is 5.39 Å². The van der Waals surface area contributed by atoms with Crippen LogP contribution in [-0.2, 0) is 0 Å². The molecule has 0 aliphatic heterocycles. The third-order valence-corrected chi connectivity index (χ3v) is 3.54. The minimum atomic E-state index is -0.0753. The van der Waals surface area contributed by atoms with Gasteiger partial charge in [0.1, 0.15) is 0 Å². The Morgan fingerprint density at radius 1 is 0.455 bits per heavy atom. The molecule has 2 heteroatoms. The number of hydrogen-bond donors (Lipinski definition) is 2. The molecular weight excluding hydrogens is 272 g/mol. The molecule has 4 aromatic carbocycles. The van der Waals surface area contributed by atoms with Gasteiger partial charge in [-0.3, -0.25) is 0 Å². The quantitative estimate of drug-likeness (QED) is 0.442. The minimum absolute atomic E-state index is 0.0481. The maximum Gasteiger partial charge on any atom is 0.165 e. The first-order valence-electron chi connectivity index (χ1n) is 7.09. The summed E-state index contributed by atoms with van der Waals surface area (Å²) in [7, 11) is 0. The Kier molecular flexibility index (Phi) is 3.92. The standard InChI is InChI=1S/C10H8O2.C10H8/c11-9-6-5-7-3-1-2-4-8(7)10(9)12;1-2-6-10-8-4-3-7-9(10)5-1/h1-6,11-12H;1-8H. The molecule has 4 rings (SSSR count). The lowest BCUT2D eigenvalue weighted by molar-refractivity contribution is 0.408. The molecular formula is C20H16O2. The van der Waals surface area contributed by atoms with Crippen molar-refractivity contribution in [2.45, 2.75) is 0 Å². The summed E-state index contributed by atoms with van der Waals surface area (Å²) in [6, 6.07) is 27.3. The summed E-state index contributed by atoms with van der Waals surface area (Å²) >= 11 is 0. The van der Waals surface area contributed by atoms with Crippen LogP contribution in [0.4, 0.5) is 0 Å². The maximum absolute atomic E-state index is 9.41. The fourth-order valence-corrected chi connectivity index (χ4v) is 2.38. The van der Waals surface area contributed by atoms with Crippen LogP contribution >= 0.6 is 0 Å². The van der Waals surface area contributed by atoms with Crippen LogP contribution in [-0.4, -0.2) is 10.2 Å². The molecule has 0 saturated carbocycles. The molecule has 0 amide bonds. The summed E-state index contributed by atoms with van der Waals surface area (Å²) in [4.78, 5) is 0. The molecule has 0 aliphatic carbocycles. The molecule has 0 aromatic heterocycles. The highest BCUT2D eigenvalue weighted by atomic mass is 16.3. The first kappa shape index (κ1) is 14.0. The van der Waals surface area contributed by atoms with Crippen LogP contribution in [0.15, 0.2) is 84.9 Å². The van der Waals surface area contributed by atoms with E-state index in [4.69, 9.17) is 5.11 Å². The molecule has 2 N–H and O–H groups in total. The molecule has 0 fully saturated rings. The van der Waals surface area contributed by atoms with Crippen molar-refractivity contribution >= 4 is 21.5 Å². The summed E-state index contributed by atoms with van der Waals surface area (Å²) in [5.74, 6) is -0.123. The SMILES string of the molecule is Oc1ccc2ccccc2c1O.c1ccc2ccccc2c1. The van der Waals surface area contributed by atoms with Crippen molar-refractivity contribution in [2.75, 3.05) is 0 Å². The van der Waals surface area contributed by atoms with Crippen molar-refractivity contribution in [3.63, 3.8) is 0 Å². The Hall–Kier alpha value is -3.00. The fraction of sp³-hybridized carbons (Fsp3) is 0. The first-order valence-corrected chi connectivity index (χ1v) is 7.09. The van der Waals surface area contributed by atoms with Gasteiger partial charge in [0.15, 0.2) is 11.5 Å². The molecule has 0 spiro atoms. The van der Waals surface area contributed by atoms with Crippen LogP contribution in [0.3, 0.4) is 0 Å². The molecule has 0 radical (unpaired) electrons. The van der Waals surface area contributed by atoms with Crippen molar-refractivity contribution in [1.82, 2.24) is 0 Å². The Labute approximate surface area is 128 Å². The molecule has 0 atom stereocenters. The van der Waals surface area contributed by atoms with Gasteiger partial charge in [0.2, 0.25) is 0 Å². The molecule has 108 valence electrons. The fourth-order valence-electron chi connectivity index (χ4n) is 2.38. The Bertz CT molecular complexity index is 848. The molecule has 22 heavy (non-hydrogen) atoms. The maximum atomic E-state index is 9.41. The zero-order valence-electron chi connectivity index (χ0n) is 12.0. The van der Waals surface area contributed by atoms with Gasteiger partial charge in [-0.05, 0) is 22.2 Å². The van der Waals surface area contributed by atoms with Crippen LogP contribution in [0.2, 0.25) is 0 Å². The highest BCUT2D eigenvalue weighted by Gasteiger charge is 2.02. The third-order valence-electron chi connectivity index (χ3n) is 3.54. The van der Waals surface area contributed by atoms with Crippen molar-refractivity contribution in [3.05, 3.63) is 84.9 Å². The van der Waals surface area contributed by atoms with Crippen LogP contribution in [0, 0.1) is 0 Å². The van der Waals surface area contributed by atoms with E-state index in [0.29, 0.717) is 5.39 Å². The van der Waals surface area contributed by atoms with E-state index in [1.807, 2.05) is 18.2 Å². The molecule has 0 saturated heterocycles. The van der Waals surface area contributed by atoms with E-state index in [0.717, 1.165) is 5.39 Å². The Morgan fingerprint density at radius 3 is 1.45 bits per heavy atom. The van der Waals surface area contributed by atoms with Gasteiger partial charge in [0.05, 0.1) is 0 Å². The second-order valence-corrected chi connectivity index (χ2v) is 5.00. The number of phenolic OH excluding ortho intramolecular Hbond substituents is 2. The summed E-state index contributed by atoms with van der Waals surface area (Å²) < 4.78 is 0. The Morgan fingerprint density at radius 2 is 0.909 bits per heavy atom. The van der Waals surface area contributed by atoms with E-state index in [1.54, 1.807) is 12.1 Å². The zero-order chi connectivity index (χ0) is 15.4. The predicted octanol–water partition coefficient (Wildman–Crippen LogP) is 5.09. The summed E-state index contributed by atoms with van der Waals surface area (Å²) in [5, 5.41) is 22.8. The highest BCUT2D eigenvalue weighted by molar-refractivity contribution is 5.90. The van der Waals surface area contributed by atoms with Gasteiger partial charge >= 0.3 is 0 Å². The summed E-state index contributed by atoms with van der Waals surface area (Å²) in [6.07, 6.45) is 0. The van der Waals surface area contributed by atoms with Gasteiger partial charge in [-0.15, -0.1) is 0 Å². The van der Waals surface area contributed by atoms with Gasteiger partial charge in [-0.25, -0.2) is 0 Å². The predicted molar refractivity (Wildman–Crippen MR) is 91.2 cm³/mol. The third kappa shape index (κ3) is 2.86. The molecule has 4 aromatic rings. The lowest BCUT2D eigenvalue weighted by Crippen LogP contribution is -1.73. The average Bonchev–Trinajstić information content (AvgIpc) is 2.59. The number of fused-ring (bicyclic) bond motifs is 2. The molecule has 0 heterocycles. The first-order chi connectivity index (χ1) is 10.8. The van der Waals surface area contributed by atoms with E-state index in [-0.39, 0.29) is 11.5 Å². The normalized spacial score (nSPS) is 10.2.